The van der Waals surface area contributed by atoms with Crippen molar-refractivity contribution in [3.63, 3.8) is 0 Å². The van der Waals surface area contributed by atoms with Gasteiger partial charge in [0, 0.05) is 16.4 Å². The molecule has 0 radical (unpaired) electrons. The molecule has 66 valence electrons. The molecule has 0 aliphatic rings. The Kier molecular flexibility index (Phi) is 2.44. The third-order valence-electron chi connectivity index (χ3n) is 1.36. The molecule has 0 bridgehead atoms. The lowest BCUT2D eigenvalue weighted by atomic mass is 10.3. The number of anilines is 1. The smallest absolute Gasteiger partial charge is 0.176 e. The highest BCUT2D eigenvalue weighted by atomic mass is 79.9. The molecule has 0 atom stereocenters. The minimum atomic E-state index is -3.15. The second kappa shape index (κ2) is 3.06. The average Bonchev–Trinajstić information content (AvgIpc) is 1.83. The first-order valence-electron chi connectivity index (χ1n) is 3.16. The van der Waals surface area contributed by atoms with E-state index >= 15 is 0 Å². The molecule has 3 nitrogen and oxygen atoms in total. The van der Waals surface area contributed by atoms with Crippen LogP contribution < -0.4 is 5.73 Å². The first kappa shape index (κ1) is 9.54. The summed E-state index contributed by atoms with van der Waals surface area (Å²) in [7, 11) is -3.15. The largest absolute Gasteiger partial charge is 0.399 e. The number of nitrogen functional groups attached to an aromatic ring is 1. The van der Waals surface area contributed by atoms with Crippen LogP contribution in [0.15, 0.2) is 27.6 Å². The van der Waals surface area contributed by atoms with Gasteiger partial charge in [0.2, 0.25) is 0 Å². The number of hydrogen-bond donors (Lipinski definition) is 1. The minimum Gasteiger partial charge on any atom is -0.399 e. The normalized spacial score (nSPS) is 11.5. The van der Waals surface area contributed by atoms with Crippen molar-refractivity contribution in [1.29, 1.82) is 0 Å². The highest BCUT2D eigenvalue weighted by molar-refractivity contribution is 9.10. The van der Waals surface area contributed by atoms with Crippen LogP contribution in [-0.2, 0) is 9.84 Å². The van der Waals surface area contributed by atoms with Crippen LogP contribution in [0.2, 0.25) is 0 Å². The van der Waals surface area contributed by atoms with E-state index in [9.17, 15) is 8.42 Å². The quantitative estimate of drug-likeness (QED) is 0.767. The Bertz CT molecular complexity index is 400. The van der Waals surface area contributed by atoms with Gasteiger partial charge in [-0.15, -0.1) is 0 Å². The Morgan fingerprint density at radius 3 is 2.42 bits per heavy atom. The van der Waals surface area contributed by atoms with Crippen molar-refractivity contribution in [3.05, 3.63) is 22.7 Å². The summed E-state index contributed by atoms with van der Waals surface area (Å²) in [5.74, 6) is 0. The molecule has 0 spiro atoms. The summed E-state index contributed by atoms with van der Waals surface area (Å²) < 4.78 is 22.7. The van der Waals surface area contributed by atoms with Crippen molar-refractivity contribution in [2.45, 2.75) is 4.90 Å². The van der Waals surface area contributed by atoms with Gasteiger partial charge in [-0.2, -0.15) is 0 Å². The number of halogens is 1. The average molecular weight is 250 g/mol. The van der Waals surface area contributed by atoms with E-state index in [1.54, 1.807) is 12.1 Å². The highest BCUT2D eigenvalue weighted by Crippen LogP contribution is 2.23. The summed E-state index contributed by atoms with van der Waals surface area (Å²) in [5, 5.41) is 0. The van der Waals surface area contributed by atoms with Crippen LogP contribution in [-0.4, -0.2) is 14.7 Å². The zero-order valence-electron chi connectivity index (χ0n) is 6.41. The predicted molar refractivity (Wildman–Crippen MR) is 51.7 cm³/mol. The maximum absolute atomic E-state index is 11.1. The molecule has 0 amide bonds. The second-order valence-electron chi connectivity index (χ2n) is 2.46. The zero-order valence-corrected chi connectivity index (χ0v) is 8.81. The number of hydrogen-bond acceptors (Lipinski definition) is 3. The van der Waals surface area contributed by atoms with Crippen molar-refractivity contribution >= 4 is 31.5 Å². The van der Waals surface area contributed by atoms with Gasteiger partial charge in [0.25, 0.3) is 0 Å². The van der Waals surface area contributed by atoms with E-state index in [2.05, 4.69) is 15.9 Å². The van der Waals surface area contributed by atoms with Crippen LogP contribution >= 0.6 is 15.9 Å². The van der Waals surface area contributed by atoms with Gasteiger partial charge < -0.3 is 5.73 Å². The third kappa shape index (κ3) is 1.98. The molecule has 0 heterocycles. The van der Waals surface area contributed by atoms with E-state index in [0.29, 0.717) is 10.2 Å². The Morgan fingerprint density at radius 1 is 1.42 bits per heavy atom. The van der Waals surface area contributed by atoms with Crippen molar-refractivity contribution in [2.75, 3.05) is 12.0 Å². The van der Waals surface area contributed by atoms with Gasteiger partial charge in [-0.3, -0.25) is 0 Å². The summed E-state index contributed by atoms with van der Waals surface area (Å²) in [6, 6.07) is 4.60. The van der Waals surface area contributed by atoms with Gasteiger partial charge in [-0.25, -0.2) is 8.42 Å². The molecule has 1 rings (SSSR count). The number of rotatable bonds is 1. The van der Waals surface area contributed by atoms with Crippen molar-refractivity contribution in [2.24, 2.45) is 0 Å². The summed E-state index contributed by atoms with van der Waals surface area (Å²) >= 11 is 3.12. The van der Waals surface area contributed by atoms with Gasteiger partial charge in [-0.1, -0.05) is 0 Å². The molecule has 0 unspecified atom stereocenters. The van der Waals surface area contributed by atoms with Gasteiger partial charge in [0.15, 0.2) is 9.84 Å². The molecule has 2 N–H and O–H groups in total. The minimum absolute atomic E-state index is 0.261. The number of benzene rings is 1. The molecule has 1 aromatic carbocycles. The van der Waals surface area contributed by atoms with E-state index in [-0.39, 0.29) is 4.90 Å². The fourth-order valence-corrected chi connectivity index (χ4v) is 2.82. The van der Waals surface area contributed by atoms with Gasteiger partial charge in [0.05, 0.1) is 4.90 Å². The summed E-state index contributed by atoms with van der Waals surface area (Å²) in [6.45, 7) is 0. The molecule has 1 aromatic rings. The Morgan fingerprint density at radius 2 is 2.00 bits per heavy atom. The maximum Gasteiger partial charge on any atom is 0.176 e. The first-order valence-corrected chi connectivity index (χ1v) is 5.85. The molecule has 12 heavy (non-hydrogen) atoms. The molecule has 0 aliphatic heterocycles. The Labute approximate surface area is 79.6 Å². The molecular formula is C7H8BrNO2S. The summed E-state index contributed by atoms with van der Waals surface area (Å²) in [6.07, 6.45) is 1.16. The van der Waals surface area contributed by atoms with Crippen molar-refractivity contribution in [1.82, 2.24) is 0 Å². The molecule has 0 saturated carbocycles. The zero-order chi connectivity index (χ0) is 9.35. The van der Waals surface area contributed by atoms with E-state index in [0.717, 1.165) is 6.26 Å². The number of sulfone groups is 1. The summed E-state index contributed by atoms with van der Waals surface area (Å²) in [5.41, 5.74) is 5.98. The SMILES string of the molecule is CS(=O)(=O)c1ccc(N)cc1Br. The lowest BCUT2D eigenvalue weighted by molar-refractivity contribution is 0.601. The van der Waals surface area contributed by atoms with Crippen LogP contribution in [0.5, 0.6) is 0 Å². The van der Waals surface area contributed by atoms with Gasteiger partial charge >= 0.3 is 0 Å². The van der Waals surface area contributed by atoms with E-state index in [1.807, 2.05) is 0 Å². The molecule has 5 heteroatoms. The van der Waals surface area contributed by atoms with Gasteiger partial charge in [0.1, 0.15) is 0 Å². The molecule has 0 aliphatic carbocycles. The Balaban J connectivity index is 3.39. The molecule has 0 aromatic heterocycles. The van der Waals surface area contributed by atoms with Crippen LogP contribution in [0, 0.1) is 0 Å². The van der Waals surface area contributed by atoms with E-state index in [4.69, 9.17) is 5.73 Å². The van der Waals surface area contributed by atoms with E-state index in [1.165, 1.54) is 6.07 Å². The molecular weight excluding hydrogens is 242 g/mol. The first-order chi connectivity index (χ1) is 5.41. The number of nitrogens with two attached hydrogens (primary N) is 1. The molecule has 0 saturated heterocycles. The van der Waals surface area contributed by atoms with Crippen LogP contribution in [0.3, 0.4) is 0 Å². The fourth-order valence-electron chi connectivity index (χ4n) is 0.818. The van der Waals surface area contributed by atoms with Crippen molar-refractivity contribution < 1.29 is 8.42 Å². The molecule has 0 fully saturated rings. The van der Waals surface area contributed by atoms with Crippen LogP contribution in [0.1, 0.15) is 0 Å². The standard InChI is InChI=1S/C7H8BrNO2S/c1-12(10,11)7-3-2-5(9)4-6(7)8/h2-4H,9H2,1H3. The Hall–Kier alpha value is -0.550. The van der Waals surface area contributed by atoms with Gasteiger partial charge in [-0.05, 0) is 34.1 Å². The second-order valence-corrected chi connectivity index (χ2v) is 5.30. The lowest BCUT2D eigenvalue weighted by Gasteiger charge is -2.01. The topological polar surface area (TPSA) is 60.2 Å². The predicted octanol–water partition coefficient (Wildman–Crippen LogP) is 1.43. The van der Waals surface area contributed by atoms with Crippen LogP contribution in [0.25, 0.3) is 0 Å². The van der Waals surface area contributed by atoms with Crippen LogP contribution in [0.4, 0.5) is 5.69 Å². The summed E-state index contributed by atoms with van der Waals surface area (Å²) in [4.78, 5) is 0.261. The maximum atomic E-state index is 11.1. The lowest BCUT2D eigenvalue weighted by Crippen LogP contribution is -1.98. The third-order valence-corrected chi connectivity index (χ3v) is 3.43. The monoisotopic (exact) mass is 249 g/mol. The fraction of sp³-hybridized carbons (Fsp3) is 0.143. The highest BCUT2D eigenvalue weighted by Gasteiger charge is 2.10. The van der Waals surface area contributed by atoms with Crippen molar-refractivity contribution in [3.8, 4) is 0 Å². The van der Waals surface area contributed by atoms with E-state index < -0.39 is 9.84 Å².